The molecule has 0 amide bonds. The summed E-state index contributed by atoms with van der Waals surface area (Å²) < 4.78 is 24.4. The predicted molar refractivity (Wildman–Crippen MR) is 309 cm³/mol. The van der Waals surface area contributed by atoms with E-state index in [-0.39, 0.29) is 6.61 Å². The summed E-state index contributed by atoms with van der Waals surface area (Å²) >= 11 is 0. The second-order valence-electron chi connectivity index (χ2n) is 19.7. The summed E-state index contributed by atoms with van der Waals surface area (Å²) in [5.74, 6) is 5.08. The standard InChI is InChI=1S/C26H44O2.C21H34O.C18H25NO2/c1-7-12-15-22(10-4)19-27-25-18-24(14-9-3)26(17-21(25)6)28-20-23(11-5)16-13-8-2;1-5-7-8-9-10-11-12-13-15-22-21-17-19(4)18(3)16-20(21)14-6-2;1-5-6-7-8-9-21-18-10-14(2)17(13-20)12-16(18)11-15(3)19-4/h9,14,17-18,22-23H,7-8,10-13,15-16,19-20H2,1-6H3;6,14,16-17H,5,7-13,15H2,1-4H3;10-12,20H,5-9,13H2,1-3H3/b14-9+;14-6+;15-11-. The van der Waals surface area contributed by atoms with E-state index in [0.29, 0.717) is 24.1 Å². The first-order valence-electron chi connectivity index (χ1n) is 28.2. The van der Waals surface area contributed by atoms with Gasteiger partial charge in [-0.05, 0) is 150 Å². The molecule has 0 saturated carbocycles. The van der Waals surface area contributed by atoms with Crippen LogP contribution in [0.15, 0.2) is 54.2 Å². The van der Waals surface area contributed by atoms with Gasteiger partial charge in [0, 0.05) is 16.7 Å². The smallest absolute Gasteiger partial charge is 0.163 e. The van der Waals surface area contributed by atoms with Gasteiger partial charge in [-0.3, -0.25) is 0 Å². The van der Waals surface area contributed by atoms with Gasteiger partial charge in [0.2, 0.25) is 0 Å². The number of hydrogen-bond acceptors (Lipinski definition) is 5. The van der Waals surface area contributed by atoms with E-state index in [0.717, 1.165) is 83.5 Å². The van der Waals surface area contributed by atoms with Crippen molar-refractivity contribution in [2.24, 2.45) is 11.8 Å². The molecule has 0 aliphatic carbocycles. The van der Waals surface area contributed by atoms with Crippen molar-refractivity contribution in [3.63, 3.8) is 0 Å². The average molecular weight is 979 g/mol. The van der Waals surface area contributed by atoms with Crippen LogP contribution in [0.4, 0.5) is 0 Å². The van der Waals surface area contributed by atoms with Gasteiger partial charge >= 0.3 is 0 Å². The van der Waals surface area contributed by atoms with Crippen LogP contribution in [0.2, 0.25) is 0 Å². The molecule has 6 heteroatoms. The molecule has 0 radical (unpaired) electrons. The molecule has 0 aliphatic rings. The fourth-order valence-electron chi connectivity index (χ4n) is 8.27. The third-order valence-electron chi connectivity index (χ3n) is 13.4. The molecular weight excluding hydrogens is 875 g/mol. The third kappa shape index (κ3) is 27.8. The van der Waals surface area contributed by atoms with Crippen LogP contribution in [0.1, 0.15) is 235 Å². The van der Waals surface area contributed by atoms with E-state index in [1.165, 1.54) is 132 Å². The summed E-state index contributed by atoms with van der Waals surface area (Å²) in [5.41, 5.74) is 9.48. The van der Waals surface area contributed by atoms with E-state index in [4.69, 9.17) is 25.5 Å². The normalized spacial score (nSPS) is 12.2. The quantitative estimate of drug-likeness (QED) is 0.0477. The van der Waals surface area contributed by atoms with Crippen LogP contribution in [0.3, 0.4) is 0 Å². The molecule has 0 spiro atoms. The van der Waals surface area contributed by atoms with Crippen molar-refractivity contribution >= 4 is 18.2 Å². The van der Waals surface area contributed by atoms with Gasteiger partial charge in [0.1, 0.15) is 23.0 Å². The minimum absolute atomic E-state index is 0.000515. The van der Waals surface area contributed by atoms with Gasteiger partial charge in [-0.15, -0.1) is 0 Å². The first-order chi connectivity index (χ1) is 34.4. The first kappa shape index (κ1) is 64.5. The molecule has 3 rings (SSSR count). The molecule has 71 heavy (non-hydrogen) atoms. The zero-order valence-electron chi connectivity index (χ0n) is 47.7. The lowest BCUT2D eigenvalue weighted by atomic mass is 10.00. The topological polar surface area (TPSA) is 61.5 Å². The molecule has 0 heterocycles. The number of benzene rings is 3. The minimum atomic E-state index is 0.000515. The highest BCUT2D eigenvalue weighted by Crippen LogP contribution is 2.32. The Labute approximate surface area is 436 Å². The Kier molecular flexibility index (Phi) is 37.3. The van der Waals surface area contributed by atoms with E-state index in [1.54, 1.807) is 6.92 Å². The maximum atomic E-state index is 9.38. The van der Waals surface area contributed by atoms with E-state index in [2.05, 4.69) is 130 Å². The summed E-state index contributed by atoms with van der Waals surface area (Å²) in [7, 11) is 0. The van der Waals surface area contributed by atoms with Gasteiger partial charge in [-0.25, -0.2) is 4.85 Å². The van der Waals surface area contributed by atoms with Crippen LogP contribution in [-0.2, 0) is 6.61 Å². The van der Waals surface area contributed by atoms with Crippen molar-refractivity contribution < 1.29 is 24.1 Å². The maximum Gasteiger partial charge on any atom is 0.163 e. The Morgan fingerprint density at radius 2 is 0.930 bits per heavy atom. The zero-order valence-corrected chi connectivity index (χ0v) is 47.7. The van der Waals surface area contributed by atoms with Crippen molar-refractivity contribution in [2.75, 3.05) is 26.4 Å². The number of aryl methyl sites for hydroxylation is 4. The van der Waals surface area contributed by atoms with Crippen LogP contribution < -0.4 is 18.9 Å². The molecule has 2 unspecified atom stereocenters. The number of ether oxygens (including phenoxy) is 4. The summed E-state index contributed by atoms with van der Waals surface area (Å²) in [6, 6.07) is 12.6. The van der Waals surface area contributed by atoms with Crippen molar-refractivity contribution in [3.8, 4) is 23.0 Å². The van der Waals surface area contributed by atoms with Gasteiger partial charge < -0.3 is 24.1 Å². The van der Waals surface area contributed by atoms with E-state index < -0.39 is 0 Å². The summed E-state index contributed by atoms with van der Waals surface area (Å²) in [6.07, 6.45) is 35.5. The van der Waals surface area contributed by atoms with Crippen LogP contribution >= 0.6 is 0 Å². The first-order valence-corrected chi connectivity index (χ1v) is 28.2. The van der Waals surface area contributed by atoms with Crippen LogP contribution in [-0.4, -0.2) is 31.5 Å². The van der Waals surface area contributed by atoms with Crippen LogP contribution in [0, 0.1) is 46.1 Å². The molecule has 2 atom stereocenters. The van der Waals surface area contributed by atoms with E-state index >= 15 is 0 Å². The Hall–Kier alpha value is -4.47. The number of aliphatic hydroxyl groups is 1. The predicted octanol–water partition coefficient (Wildman–Crippen LogP) is 19.8. The number of hydrogen-bond donors (Lipinski definition) is 1. The van der Waals surface area contributed by atoms with Gasteiger partial charge in [0.25, 0.3) is 0 Å². The number of nitrogens with zero attached hydrogens (tertiary/aromatic N) is 1. The molecule has 0 aromatic heterocycles. The van der Waals surface area contributed by atoms with Gasteiger partial charge in [-0.2, -0.15) is 0 Å². The Morgan fingerprint density at radius 1 is 0.507 bits per heavy atom. The zero-order chi connectivity index (χ0) is 52.7. The highest BCUT2D eigenvalue weighted by atomic mass is 16.5. The average Bonchev–Trinajstić information content (AvgIpc) is 3.36. The minimum Gasteiger partial charge on any atom is -0.493 e. The number of rotatable bonds is 34. The molecule has 3 aromatic rings. The van der Waals surface area contributed by atoms with E-state index in [9.17, 15) is 5.11 Å². The monoisotopic (exact) mass is 978 g/mol. The molecule has 398 valence electrons. The molecule has 0 fully saturated rings. The fraction of sp³-hybridized carbons (Fsp3) is 0.615. The van der Waals surface area contributed by atoms with Gasteiger partial charge in [-0.1, -0.05) is 175 Å². The fourth-order valence-corrected chi connectivity index (χ4v) is 8.27. The van der Waals surface area contributed by atoms with Gasteiger partial charge in [0.05, 0.1) is 39.6 Å². The van der Waals surface area contributed by atoms with Crippen molar-refractivity contribution in [1.29, 1.82) is 0 Å². The molecular formula is C65H103NO5. The Bertz CT molecular complexity index is 1990. The Balaban J connectivity index is 0.000000540. The second-order valence-corrected chi connectivity index (χ2v) is 19.7. The van der Waals surface area contributed by atoms with Crippen molar-refractivity contribution in [2.45, 2.75) is 225 Å². The lowest BCUT2D eigenvalue weighted by molar-refractivity contribution is 0.226. The molecule has 6 nitrogen and oxygen atoms in total. The van der Waals surface area contributed by atoms with Crippen molar-refractivity contribution in [1.82, 2.24) is 0 Å². The highest BCUT2D eigenvalue weighted by Gasteiger charge is 2.14. The van der Waals surface area contributed by atoms with E-state index in [1.807, 2.05) is 25.1 Å². The number of unbranched alkanes of at least 4 members (excludes halogenated alkanes) is 12. The second kappa shape index (κ2) is 41.1. The lowest BCUT2D eigenvalue weighted by Crippen LogP contribution is -2.13. The largest absolute Gasteiger partial charge is 0.493 e. The molecule has 1 N–H and O–H groups in total. The lowest BCUT2D eigenvalue weighted by Gasteiger charge is -2.20. The van der Waals surface area contributed by atoms with Crippen LogP contribution in [0.25, 0.3) is 23.1 Å². The van der Waals surface area contributed by atoms with Crippen LogP contribution in [0.5, 0.6) is 23.0 Å². The molecule has 0 saturated heterocycles. The summed E-state index contributed by atoms with van der Waals surface area (Å²) in [4.78, 5) is 3.42. The van der Waals surface area contributed by atoms with Crippen molar-refractivity contribution in [3.05, 3.63) is 110 Å². The molecule has 3 aromatic carbocycles. The highest BCUT2D eigenvalue weighted by molar-refractivity contribution is 5.63. The molecule has 0 aliphatic heterocycles. The summed E-state index contributed by atoms with van der Waals surface area (Å²) in [5, 5.41) is 9.38. The molecule has 0 bridgehead atoms. The maximum absolute atomic E-state index is 9.38. The third-order valence-corrected chi connectivity index (χ3v) is 13.4. The number of aliphatic hydroxyl groups excluding tert-OH is 1. The Morgan fingerprint density at radius 3 is 1.42 bits per heavy atom. The SMILES string of the molecule is C/C=C/c1cc(C)c(C)cc1OCCCCCCCCCC.C/C=C/c1cc(OCC(CC)CCCC)c(C)cc1OCC(CC)CCCC.[C-]#[N+]/C(C)=C\c1cc(CO)c(C)cc1OCCCCCC. The number of allylic oxidation sites excluding steroid dienone is 3. The van der Waals surface area contributed by atoms with Gasteiger partial charge in [0.15, 0.2) is 5.70 Å². The summed E-state index contributed by atoms with van der Waals surface area (Å²) in [6.45, 7) is 38.0.